The maximum absolute atomic E-state index is 13.5. The van der Waals surface area contributed by atoms with Gasteiger partial charge in [-0.25, -0.2) is 0 Å². The smallest absolute Gasteiger partial charge is 0.325 e. The van der Waals surface area contributed by atoms with Crippen molar-refractivity contribution in [3.05, 3.63) is 0 Å². The van der Waals surface area contributed by atoms with Crippen LogP contribution in [-0.4, -0.2) is 89.3 Å². The predicted molar refractivity (Wildman–Crippen MR) is 167 cm³/mol. The molecule has 0 aliphatic rings. The first-order valence-electron chi connectivity index (χ1n) is 15.3. The molecule has 258 valence electrons. The van der Waals surface area contributed by atoms with Gasteiger partial charge in [0.1, 0.15) is 30.2 Å². The van der Waals surface area contributed by atoms with Gasteiger partial charge >= 0.3 is 5.97 Å². The number of unbranched alkanes of at least 4 members (excludes halogenated alkanes) is 1. The molecule has 12 N–H and O–H groups in total. The molecule has 0 spiro atoms. The van der Waals surface area contributed by atoms with Crippen LogP contribution in [0.25, 0.3) is 0 Å². The average Bonchev–Trinajstić information content (AvgIpc) is 2.94. The minimum absolute atomic E-state index is 0.196. The van der Waals surface area contributed by atoms with Gasteiger partial charge in [0.05, 0.1) is 6.04 Å². The Morgan fingerprint density at radius 3 is 1.49 bits per heavy atom. The zero-order valence-corrected chi connectivity index (χ0v) is 27.5. The molecular formula is C29H54N8O8. The molecule has 45 heavy (non-hydrogen) atoms. The first-order chi connectivity index (χ1) is 20.8. The van der Waals surface area contributed by atoms with Gasteiger partial charge in [0.25, 0.3) is 0 Å². The van der Waals surface area contributed by atoms with E-state index < -0.39 is 89.5 Å². The summed E-state index contributed by atoms with van der Waals surface area (Å²) in [4.78, 5) is 88.3. The number of rotatable bonds is 21. The Morgan fingerprint density at radius 2 is 1.04 bits per heavy atom. The molecule has 0 unspecified atom stereocenters. The lowest BCUT2D eigenvalue weighted by atomic mass is 9.98. The highest BCUT2D eigenvalue weighted by atomic mass is 16.4. The number of carboxylic acids is 1. The van der Waals surface area contributed by atoms with Crippen LogP contribution in [0, 0.1) is 17.8 Å². The highest BCUT2D eigenvalue weighted by molar-refractivity contribution is 5.96. The highest BCUT2D eigenvalue weighted by Crippen LogP contribution is 2.10. The molecule has 6 atom stereocenters. The Hall–Kier alpha value is -3.79. The van der Waals surface area contributed by atoms with Gasteiger partial charge in [0.15, 0.2) is 0 Å². The number of carbonyl (C=O) groups is 7. The van der Waals surface area contributed by atoms with Crippen LogP contribution in [0.1, 0.15) is 80.6 Å². The van der Waals surface area contributed by atoms with Crippen LogP contribution in [0.2, 0.25) is 0 Å². The Labute approximate surface area is 265 Å². The minimum Gasteiger partial charge on any atom is -0.480 e. The summed E-state index contributed by atoms with van der Waals surface area (Å²) in [5, 5.41) is 21.8. The number of hydrogen-bond donors (Lipinski definition) is 9. The Balaban J connectivity index is 6.00. The number of hydrogen-bond acceptors (Lipinski definition) is 9. The van der Waals surface area contributed by atoms with Crippen molar-refractivity contribution in [3.63, 3.8) is 0 Å². The van der Waals surface area contributed by atoms with E-state index in [0.717, 1.165) is 0 Å². The molecule has 0 rings (SSSR count). The third-order valence-corrected chi connectivity index (χ3v) is 7.14. The van der Waals surface area contributed by atoms with Crippen LogP contribution in [0.5, 0.6) is 0 Å². The first-order valence-corrected chi connectivity index (χ1v) is 15.3. The molecule has 0 heterocycles. The molecule has 0 aliphatic carbocycles. The lowest BCUT2D eigenvalue weighted by Crippen LogP contribution is -2.61. The maximum atomic E-state index is 13.5. The summed E-state index contributed by atoms with van der Waals surface area (Å²) in [7, 11) is 0. The number of amides is 6. The van der Waals surface area contributed by atoms with Crippen LogP contribution < -0.4 is 43.8 Å². The third kappa shape index (κ3) is 15.2. The van der Waals surface area contributed by atoms with Crippen LogP contribution in [-0.2, 0) is 33.6 Å². The average molecular weight is 643 g/mol. The summed E-state index contributed by atoms with van der Waals surface area (Å²) in [6, 6.07) is -6.74. The zero-order valence-electron chi connectivity index (χ0n) is 27.5. The van der Waals surface area contributed by atoms with Gasteiger partial charge in [-0.3, -0.25) is 33.6 Å². The molecule has 0 bridgehead atoms. The Morgan fingerprint density at radius 1 is 0.600 bits per heavy atom. The molecule has 16 nitrogen and oxygen atoms in total. The van der Waals surface area contributed by atoms with Gasteiger partial charge in [0.2, 0.25) is 35.4 Å². The van der Waals surface area contributed by atoms with Gasteiger partial charge in [-0.2, -0.15) is 0 Å². The second-order valence-corrected chi connectivity index (χ2v) is 12.2. The van der Waals surface area contributed by atoms with Crippen molar-refractivity contribution in [1.29, 1.82) is 0 Å². The van der Waals surface area contributed by atoms with Gasteiger partial charge in [-0.1, -0.05) is 41.5 Å². The normalized spacial score (nSPS) is 15.3. The van der Waals surface area contributed by atoms with Crippen molar-refractivity contribution in [3.8, 4) is 0 Å². The van der Waals surface area contributed by atoms with Crippen molar-refractivity contribution in [2.75, 3.05) is 6.54 Å². The van der Waals surface area contributed by atoms with E-state index in [2.05, 4.69) is 26.6 Å². The molecule has 6 amide bonds. The fourth-order valence-electron chi connectivity index (χ4n) is 4.09. The van der Waals surface area contributed by atoms with E-state index >= 15 is 0 Å². The lowest BCUT2D eigenvalue weighted by molar-refractivity contribution is -0.142. The predicted octanol–water partition coefficient (Wildman–Crippen LogP) is -1.80. The van der Waals surface area contributed by atoms with E-state index in [9.17, 15) is 33.6 Å². The minimum atomic E-state index is -1.31. The summed E-state index contributed by atoms with van der Waals surface area (Å²) in [6.07, 6.45) is 0.821. The van der Waals surface area contributed by atoms with Crippen molar-refractivity contribution in [2.24, 2.45) is 35.0 Å². The van der Waals surface area contributed by atoms with E-state index in [1.807, 2.05) is 0 Å². The summed E-state index contributed by atoms with van der Waals surface area (Å²) >= 11 is 0. The number of primary amides is 1. The maximum Gasteiger partial charge on any atom is 0.325 e. The number of carboxylic acid groups (broad SMARTS) is 1. The SMILES string of the molecule is CC(C)[C@H](N)C(=O)N[C@@H](CCCCN)C(=O)N[C@@H](CCC(N)=O)C(=O)N[C@H](C(=O)N[C@H](C(=O)N[C@@H](C)C(=O)O)C(C)C)C(C)C. The van der Waals surface area contributed by atoms with E-state index in [1.165, 1.54) is 6.92 Å². The van der Waals surface area contributed by atoms with E-state index in [4.69, 9.17) is 22.3 Å². The van der Waals surface area contributed by atoms with Gasteiger partial charge < -0.3 is 48.9 Å². The van der Waals surface area contributed by atoms with Gasteiger partial charge in [0, 0.05) is 6.42 Å². The topological polar surface area (TPSA) is 278 Å². The Bertz CT molecular complexity index is 1040. The van der Waals surface area contributed by atoms with Gasteiger partial charge in [-0.15, -0.1) is 0 Å². The molecule has 0 aromatic rings. The number of nitrogens with one attached hydrogen (secondary N) is 5. The van der Waals surface area contributed by atoms with Gasteiger partial charge in [-0.05, 0) is 56.9 Å². The molecule has 0 aromatic heterocycles. The molecule has 0 saturated heterocycles. The number of nitrogens with two attached hydrogens (primary N) is 3. The van der Waals surface area contributed by atoms with Crippen LogP contribution >= 0.6 is 0 Å². The molecular weight excluding hydrogens is 588 g/mol. The first kappa shape index (κ1) is 41.2. The molecule has 0 saturated carbocycles. The number of carbonyl (C=O) groups excluding carboxylic acids is 6. The molecule has 0 aromatic carbocycles. The number of aliphatic carboxylic acids is 1. The fourth-order valence-corrected chi connectivity index (χ4v) is 4.09. The Kier molecular flexibility index (Phi) is 18.6. The summed E-state index contributed by atoms with van der Waals surface area (Å²) < 4.78 is 0. The molecule has 0 aliphatic heterocycles. The lowest BCUT2D eigenvalue weighted by Gasteiger charge is -2.29. The van der Waals surface area contributed by atoms with Crippen LogP contribution in [0.15, 0.2) is 0 Å². The third-order valence-electron chi connectivity index (χ3n) is 7.14. The monoisotopic (exact) mass is 642 g/mol. The molecule has 0 radical (unpaired) electrons. The largest absolute Gasteiger partial charge is 0.480 e. The van der Waals surface area contributed by atoms with Crippen molar-refractivity contribution >= 4 is 41.4 Å². The fraction of sp³-hybridized carbons (Fsp3) is 0.759. The van der Waals surface area contributed by atoms with E-state index in [0.29, 0.717) is 19.4 Å². The molecule has 0 fully saturated rings. The van der Waals surface area contributed by atoms with Crippen LogP contribution in [0.4, 0.5) is 0 Å². The van der Waals surface area contributed by atoms with Crippen molar-refractivity contribution in [2.45, 2.75) is 117 Å². The quantitative estimate of drug-likeness (QED) is 0.0634. The summed E-state index contributed by atoms with van der Waals surface area (Å²) in [5.41, 5.74) is 16.8. The van der Waals surface area contributed by atoms with Crippen molar-refractivity contribution < 1.29 is 38.7 Å². The van der Waals surface area contributed by atoms with E-state index in [-0.39, 0.29) is 25.2 Å². The van der Waals surface area contributed by atoms with Crippen molar-refractivity contribution in [1.82, 2.24) is 26.6 Å². The second kappa shape index (κ2) is 20.3. The molecule has 16 heteroatoms. The summed E-state index contributed by atoms with van der Waals surface area (Å²) in [5.74, 6) is -6.58. The summed E-state index contributed by atoms with van der Waals surface area (Å²) in [6.45, 7) is 11.8. The zero-order chi connectivity index (χ0) is 35.0. The second-order valence-electron chi connectivity index (χ2n) is 12.2. The standard InChI is InChI=1S/C29H54N8O8/c1-14(2)21(32)26(41)35-18(10-8-9-13-30)24(39)34-19(11-12-20(31)38)25(40)36-23(16(5)6)28(43)37-22(15(3)4)27(42)33-17(7)29(44)45/h14-19,21-23H,8-13,30,32H2,1-7H3,(H2,31,38)(H,33,42)(H,34,39)(H,35,41)(H,36,40)(H,37,43)(H,44,45)/t17-,18-,19-,21-,22-,23-/m0/s1. The highest BCUT2D eigenvalue weighted by Gasteiger charge is 2.34. The van der Waals surface area contributed by atoms with E-state index in [1.54, 1.807) is 41.5 Å². The van der Waals surface area contributed by atoms with Crippen LogP contribution in [0.3, 0.4) is 0 Å².